The minimum atomic E-state index is -0.599. The second-order valence-electron chi connectivity index (χ2n) is 6.41. The molecule has 1 saturated heterocycles. The van der Waals surface area contributed by atoms with E-state index in [9.17, 15) is 8.78 Å². The summed E-state index contributed by atoms with van der Waals surface area (Å²) in [6.07, 6.45) is 1.84. The molecule has 2 aromatic heterocycles. The third kappa shape index (κ3) is 3.24. The molecule has 1 fully saturated rings. The minimum absolute atomic E-state index is 0.0407. The summed E-state index contributed by atoms with van der Waals surface area (Å²) in [7, 11) is 0. The fraction of sp³-hybridized carbons (Fsp3) is 0.389. The number of aromatic nitrogens is 4. The van der Waals surface area contributed by atoms with E-state index in [1.807, 2.05) is 13.0 Å². The lowest BCUT2D eigenvalue weighted by Gasteiger charge is -2.22. The average Bonchev–Trinajstić information content (AvgIpc) is 3.04. The summed E-state index contributed by atoms with van der Waals surface area (Å²) in [6.45, 7) is 3.32. The van der Waals surface area contributed by atoms with E-state index in [1.165, 1.54) is 18.2 Å². The Hall–Kier alpha value is -2.61. The smallest absolute Gasteiger partial charge is 0.254 e. The number of hydrogen-bond donors (Lipinski definition) is 1. The summed E-state index contributed by atoms with van der Waals surface area (Å²) in [5, 5.41) is 7.34. The summed E-state index contributed by atoms with van der Waals surface area (Å²) in [6, 6.07) is 5.80. The zero-order valence-electron chi connectivity index (χ0n) is 14.4. The van der Waals surface area contributed by atoms with E-state index in [0.29, 0.717) is 17.6 Å². The van der Waals surface area contributed by atoms with Crippen molar-refractivity contribution >= 4 is 11.7 Å². The van der Waals surface area contributed by atoms with Crippen molar-refractivity contribution in [2.45, 2.75) is 32.2 Å². The molecule has 1 aromatic carbocycles. The molecular weight excluding hydrogens is 340 g/mol. The van der Waals surface area contributed by atoms with Crippen LogP contribution in [-0.4, -0.2) is 32.8 Å². The molecule has 0 atom stereocenters. The SMILES string of the molecule is Cc1cc(C2CCOCC2)n2nc(NCc3c(F)cccc3F)nc2n1. The maximum Gasteiger partial charge on any atom is 0.254 e. The number of nitrogens with one attached hydrogen (secondary N) is 1. The lowest BCUT2D eigenvalue weighted by atomic mass is 9.96. The Labute approximate surface area is 149 Å². The molecule has 136 valence electrons. The Kier molecular flexibility index (Phi) is 4.50. The predicted molar refractivity (Wildman–Crippen MR) is 92.0 cm³/mol. The van der Waals surface area contributed by atoms with Crippen molar-refractivity contribution in [3.63, 3.8) is 0 Å². The van der Waals surface area contributed by atoms with Gasteiger partial charge in [0.15, 0.2) is 0 Å². The molecule has 0 aliphatic carbocycles. The van der Waals surface area contributed by atoms with Crippen LogP contribution in [0, 0.1) is 18.6 Å². The molecule has 8 heteroatoms. The molecule has 0 saturated carbocycles. The van der Waals surface area contributed by atoms with Crippen LogP contribution >= 0.6 is 0 Å². The van der Waals surface area contributed by atoms with Gasteiger partial charge in [-0.2, -0.15) is 9.50 Å². The van der Waals surface area contributed by atoms with Crippen molar-refractivity contribution in [3.05, 3.63) is 52.9 Å². The summed E-state index contributed by atoms with van der Waals surface area (Å²) in [4.78, 5) is 8.77. The molecule has 1 aliphatic rings. The third-order valence-electron chi connectivity index (χ3n) is 4.59. The van der Waals surface area contributed by atoms with Gasteiger partial charge in [-0.3, -0.25) is 0 Å². The van der Waals surface area contributed by atoms with Gasteiger partial charge in [0, 0.05) is 36.9 Å². The van der Waals surface area contributed by atoms with Crippen LogP contribution in [0.1, 0.15) is 35.7 Å². The number of nitrogens with zero attached hydrogens (tertiary/aromatic N) is 4. The van der Waals surface area contributed by atoms with Crippen molar-refractivity contribution in [2.24, 2.45) is 0 Å². The maximum absolute atomic E-state index is 13.8. The maximum atomic E-state index is 13.8. The van der Waals surface area contributed by atoms with E-state index >= 15 is 0 Å². The van der Waals surface area contributed by atoms with Crippen molar-refractivity contribution in [1.82, 2.24) is 19.6 Å². The molecule has 0 unspecified atom stereocenters. The number of hydrogen-bond acceptors (Lipinski definition) is 5. The molecule has 1 N–H and O–H groups in total. The van der Waals surface area contributed by atoms with Crippen LogP contribution in [0.5, 0.6) is 0 Å². The standard InChI is InChI=1S/C18H19F2N5O/c1-11-9-16(12-5-7-26-8-6-12)25-18(22-11)23-17(24-25)21-10-13-14(19)3-2-4-15(13)20/h2-4,9,12H,5-8,10H2,1H3,(H,21,24). The first-order valence-corrected chi connectivity index (χ1v) is 8.60. The zero-order valence-corrected chi connectivity index (χ0v) is 14.4. The largest absolute Gasteiger partial charge is 0.381 e. The van der Waals surface area contributed by atoms with E-state index in [2.05, 4.69) is 20.4 Å². The molecule has 3 heterocycles. The number of anilines is 1. The Morgan fingerprint density at radius 2 is 1.92 bits per heavy atom. The number of fused-ring (bicyclic) bond motifs is 1. The van der Waals surface area contributed by atoms with Gasteiger partial charge in [0.1, 0.15) is 11.6 Å². The van der Waals surface area contributed by atoms with E-state index in [4.69, 9.17) is 4.74 Å². The molecular formula is C18H19F2N5O. The molecule has 0 radical (unpaired) electrons. The molecule has 0 spiro atoms. The van der Waals surface area contributed by atoms with E-state index < -0.39 is 11.6 Å². The molecule has 6 nitrogen and oxygen atoms in total. The highest BCUT2D eigenvalue weighted by Crippen LogP contribution is 2.27. The highest BCUT2D eigenvalue weighted by molar-refractivity contribution is 5.40. The summed E-state index contributed by atoms with van der Waals surface area (Å²) < 4.78 is 34.7. The van der Waals surface area contributed by atoms with E-state index in [0.717, 1.165) is 37.4 Å². The predicted octanol–water partition coefficient (Wildman–Crippen LogP) is 3.22. The van der Waals surface area contributed by atoms with Crippen molar-refractivity contribution in [1.29, 1.82) is 0 Å². The molecule has 1 aliphatic heterocycles. The normalized spacial score (nSPS) is 15.5. The van der Waals surface area contributed by atoms with Gasteiger partial charge >= 0.3 is 0 Å². The first-order chi connectivity index (χ1) is 12.6. The Morgan fingerprint density at radius 3 is 2.65 bits per heavy atom. The van der Waals surface area contributed by atoms with Crippen molar-refractivity contribution in [2.75, 3.05) is 18.5 Å². The number of aryl methyl sites for hydroxylation is 1. The highest BCUT2D eigenvalue weighted by atomic mass is 19.1. The summed E-state index contributed by atoms with van der Waals surface area (Å²) in [5.41, 5.74) is 1.85. The molecule has 4 rings (SSSR count). The van der Waals surface area contributed by atoms with Crippen LogP contribution in [0.25, 0.3) is 5.78 Å². The highest BCUT2D eigenvalue weighted by Gasteiger charge is 2.21. The van der Waals surface area contributed by atoms with Crippen LogP contribution in [0.4, 0.5) is 14.7 Å². The minimum Gasteiger partial charge on any atom is -0.381 e. The Morgan fingerprint density at radius 1 is 1.19 bits per heavy atom. The summed E-state index contributed by atoms with van der Waals surface area (Å²) >= 11 is 0. The van der Waals surface area contributed by atoms with Gasteiger partial charge in [0.25, 0.3) is 5.78 Å². The topological polar surface area (TPSA) is 64.3 Å². The summed E-state index contributed by atoms with van der Waals surface area (Å²) in [5.74, 6) is -0.107. The van der Waals surface area contributed by atoms with Crippen LogP contribution < -0.4 is 5.32 Å². The fourth-order valence-corrected chi connectivity index (χ4v) is 3.24. The van der Waals surface area contributed by atoms with Crippen LogP contribution in [0.15, 0.2) is 24.3 Å². The first kappa shape index (κ1) is 16.8. The number of ether oxygens (including phenoxy) is 1. The van der Waals surface area contributed by atoms with Crippen LogP contribution in [0.2, 0.25) is 0 Å². The quantitative estimate of drug-likeness (QED) is 0.775. The van der Waals surface area contributed by atoms with Gasteiger partial charge in [-0.1, -0.05) is 6.07 Å². The molecule has 3 aromatic rings. The third-order valence-corrected chi connectivity index (χ3v) is 4.59. The van der Waals surface area contributed by atoms with Crippen LogP contribution in [0.3, 0.4) is 0 Å². The van der Waals surface area contributed by atoms with Crippen LogP contribution in [-0.2, 0) is 11.3 Å². The molecule has 0 bridgehead atoms. The van der Waals surface area contributed by atoms with Gasteiger partial charge in [-0.25, -0.2) is 13.8 Å². The van der Waals surface area contributed by atoms with Gasteiger partial charge < -0.3 is 10.1 Å². The van der Waals surface area contributed by atoms with E-state index in [1.54, 1.807) is 4.52 Å². The van der Waals surface area contributed by atoms with Gasteiger partial charge in [0.2, 0.25) is 5.95 Å². The number of rotatable bonds is 4. The second-order valence-corrected chi connectivity index (χ2v) is 6.41. The Balaban J connectivity index is 1.63. The molecule has 26 heavy (non-hydrogen) atoms. The van der Waals surface area contributed by atoms with Crippen molar-refractivity contribution in [3.8, 4) is 0 Å². The Bertz CT molecular complexity index is 916. The molecule has 0 amide bonds. The number of benzene rings is 1. The lowest BCUT2D eigenvalue weighted by Crippen LogP contribution is -2.17. The van der Waals surface area contributed by atoms with E-state index in [-0.39, 0.29) is 12.1 Å². The zero-order chi connectivity index (χ0) is 18.1. The monoisotopic (exact) mass is 359 g/mol. The second kappa shape index (κ2) is 6.95. The first-order valence-electron chi connectivity index (χ1n) is 8.60. The number of halogens is 2. The van der Waals surface area contributed by atoms with Gasteiger partial charge in [0.05, 0.1) is 5.69 Å². The average molecular weight is 359 g/mol. The van der Waals surface area contributed by atoms with Crippen molar-refractivity contribution < 1.29 is 13.5 Å². The lowest BCUT2D eigenvalue weighted by molar-refractivity contribution is 0.0840. The fourth-order valence-electron chi connectivity index (χ4n) is 3.24. The van der Waals surface area contributed by atoms with Gasteiger partial charge in [-0.15, -0.1) is 5.10 Å². The van der Waals surface area contributed by atoms with Gasteiger partial charge in [-0.05, 0) is 38.0 Å².